The predicted octanol–water partition coefficient (Wildman–Crippen LogP) is 4.47. The van der Waals surface area contributed by atoms with Crippen LogP contribution in [0.15, 0.2) is 42.6 Å². The number of hydrogen-bond acceptors (Lipinski definition) is 5. The number of aromatic nitrogens is 3. The highest BCUT2D eigenvalue weighted by Gasteiger charge is 2.17. The monoisotopic (exact) mass is 368 g/mol. The first-order chi connectivity index (χ1) is 12.1. The number of rotatable bonds is 4. The van der Waals surface area contributed by atoms with E-state index in [1.54, 1.807) is 6.20 Å². The van der Waals surface area contributed by atoms with Crippen molar-refractivity contribution >= 4 is 43.9 Å². The Balaban J connectivity index is 1.63. The fourth-order valence-electron chi connectivity index (χ4n) is 2.66. The first-order valence-electron chi connectivity index (χ1n) is 7.85. The van der Waals surface area contributed by atoms with Crippen LogP contribution in [0, 0.1) is 13.8 Å². The lowest BCUT2D eigenvalue weighted by atomic mass is 10.2. The maximum Gasteiger partial charge on any atom is 0.267 e. The number of anilines is 1. The van der Waals surface area contributed by atoms with Gasteiger partial charge in [-0.25, -0.2) is 4.98 Å². The minimum Gasteiger partial charge on any atom is -0.297 e. The van der Waals surface area contributed by atoms with Crippen molar-refractivity contribution in [2.24, 2.45) is 0 Å². The molecule has 25 heavy (non-hydrogen) atoms. The molecule has 0 spiro atoms. The zero-order chi connectivity index (χ0) is 17.4. The van der Waals surface area contributed by atoms with Crippen LogP contribution in [0.2, 0.25) is 0 Å². The van der Waals surface area contributed by atoms with Crippen molar-refractivity contribution < 1.29 is 4.79 Å². The van der Waals surface area contributed by atoms with Crippen molar-refractivity contribution in [1.82, 2.24) is 14.8 Å². The van der Waals surface area contributed by atoms with E-state index in [1.807, 2.05) is 42.8 Å². The molecule has 0 radical (unpaired) electrons. The molecule has 3 aromatic heterocycles. The summed E-state index contributed by atoms with van der Waals surface area (Å²) in [5.41, 5.74) is 2.12. The molecule has 0 saturated carbocycles. The molecular formula is C18H16N4OS2. The van der Waals surface area contributed by atoms with Gasteiger partial charge in [0.05, 0.1) is 17.1 Å². The SMILES string of the molecule is Cc1cnc(NC(=O)c2cc3c(C)nn(Cc4ccccc4)c3s2)s1. The molecule has 126 valence electrons. The number of hydrogen-bond donors (Lipinski definition) is 1. The molecule has 1 N–H and O–H groups in total. The second-order valence-electron chi connectivity index (χ2n) is 5.79. The van der Waals surface area contributed by atoms with E-state index in [9.17, 15) is 4.79 Å². The molecule has 0 aliphatic heterocycles. The van der Waals surface area contributed by atoms with Gasteiger partial charge in [-0.15, -0.1) is 22.7 Å². The van der Waals surface area contributed by atoms with Gasteiger partial charge in [0.25, 0.3) is 5.91 Å². The number of benzene rings is 1. The summed E-state index contributed by atoms with van der Waals surface area (Å²) in [5, 5.41) is 9.14. The van der Waals surface area contributed by atoms with E-state index >= 15 is 0 Å². The highest BCUT2D eigenvalue weighted by molar-refractivity contribution is 7.20. The highest BCUT2D eigenvalue weighted by Crippen LogP contribution is 2.29. The van der Waals surface area contributed by atoms with Crippen LogP contribution in [0.4, 0.5) is 5.13 Å². The number of carbonyl (C=O) groups excluding carboxylic acids is 1. The van der Waals surface area contributed by atoms with Crippen LogP contribution in [-0.4, -0.2) is 20.7 Å². The summed E-state index contributed by atoms with van der Waals surface area (Å²) >= 11 is 2.94. The van der Waals surface area contributed by atoms with Gasteiger partial charge in [0.1, 0.15) is 4.83 Å². The average molecular weight is 368 g/mol. The van der Waals surface area contributed by atoms with Gasteiger partial charge in [0.15, 0.2) is 5.13 Å². The normalized spacial score (nSPS) is 11.1. The molecule has 0 bridgehead atoms. The number of amides is 1. The molecule has 4 rings (SSSR count). The number of aryl methyl sites for hydroxylation is 2. The molecule has 0 fully saturated rings. The van der Waals surface area contributed by atoms with Crippen LogP contribution >= 0.6 is 22.7 Å². The molecule has 1 aromatic carbocycles. The van der Waals surface area contributed by atoms with Crippen LogP contribution in [-0.2, 0) is 6.54 Å². The second kappa shape index (κ2) is 6.42. The van der Waals surface area contributed by atoms with Crippen LogP contribution in [0.1, 0.15) is 25.8 Å². The van der Waals surface area contributed by atoms with Gasteiger partial charge in [-0.1, -0.05) is 30.3 Å². The predicted molar refractivity (Wildman–Crippen MR) is 103 cm³/mol. The van der Waals surface area contributed by atoms with E-state index < -0.39 is 0 Å². The van der Waals surface area contributed by atoms with Crippen LogP contribution < -0.4 is 5.32 Å². The number of thiazole rings is 1. The summed E-state index contributed by atoms with van der Waals surface area (Å²) in [6, 6.07) is 12.1. The summed E-state index contributed by atoms with van der Waals surface area (Å²) in [6.45, 7) is 4.63. The Hall–Kier alpha value is -2.51. The molecule has 5 nitrogen and oxygen atoms in total. The van der Waals surface area contributed by atoms with Gasteiger partial charge in [-0.05, 0) is 25.5 Å². The third-order valence-corrected chi connectivity index (χ3v) is 5.82. The van der Waals surface area contributed by atoms with Crippen molar-refractivity contribution in [2.75, 3.05) is 5.32 Å². The van der Waals surface area contributed by atoms with Gasteiger partial charge in [-0.2, -0.15) is 5.10 Å². The van der Waals surface area contributed by atoms with Gasteiger partial charge in [-0.3, -0.25) is 14.8 Å². The Bertz CT molecular complexity index is 1050. The van der Waals surface area contributed by atoms with Crippen molar-refractivity contribution in [1.29, 1.82) is 0 Å². The number of thiophene rings is 1. The summed E-state index contributed by atoms with van der Waals surface area (Å²) in [7, 11) is 0. The third-order valence-electron chi connectivity index (χ3n) is 3.85. The lowest BCUT2D eigenvalue weighted by molar-refractivity contribution is 0.103. The first kappa shape index (κ1) is 16.0. The largest absolute Gasteiger partial charge is 0.297 e. The van der Waals surface area contributed by atoms with Crippen LogP contribution in [0.5, 0.6) is 0 Å². The highest BCUT2D eigenvalue weighted by atomic mass is 32.1. The molecule has 0 aliphatic carbocycles. The lowest BCUT2D eigenvalue weighted by Gasteiger charge is -2.02. The summed E-state index contributed by atoms with van der Waals surface area (Å²) < 4.78 is 1.97. The Morgan fingerprint density at radius 2 is 2.00 bits per heavy atom. The standard InChI is InChI=1S/C18H16N4OS2/c1-11-9-19-18(24-11)20-16(23)15-8-14-12(2)21-22(17(14)25-15)10-13-6-4-3-5-7-13/h3-9H,10H2,1-2H3,(H,19,20,23). The number of fused-ring (bicyclic) bond motifs is 1. The first-order valence-corrected chi connectivity index (χ1v) is 9.48. The molecule has 4 aromatic rings. The number of carbonyl (C=O) groups is 1. The van der Waals surface area contributed by atoms with Crippen molar-refractivity contribution in [2.45, 2.75) is 20.4 Å². The molecule has 0 saturated heterocycles. The van der Waals surface area contributed by atoms with E-state index in [-0.39, 0.29) is 5.91 Å². The molecular weight excluding hydrogens is 352 g/mol. The quantitative estimate of drug-likeness (QED) is 0.578. The Labute approximate surface area is 153 Å². The van der Waals surface area contributed by atoms with Gasteiger partial charge in [0.2, 0.25) is 0 Å². The number of nitrogens with one attached hydrogen (secondary N) is 1. The molecule has 0 unspecified atom stereocenters. The Morgan fingerprint density at radius 3 is 2.72 bits per heavy atom. The van der Waals surface area contributed by atoms with Crippen LogP contribution in [0.3, 0.4) is 0 Å². The van der Waals surface area contributed by atoms with Gasteiger partial charge < -0.3 is 0 Å². The van der Waals surface area contributed by atoms with Crippen molar-refractivity contribution in [3.05, 3.63) is 63.6 Å². The molecule has 0 atom stereocenters. The Kier molecular flexibility index (Phi) is 4.10. The molecule has 3 heterocycles. The minimum atomic E-state index is -0.124. The smallest absolute Gasteiger partial charge is 0.267 e. The van der Waals surface area contributed by atoms with E-state index in [0.717, 1.165) is 20.8 Å². The fourth-order valence-corrected chi connectivity index (χ4v) is 4.38. The maximum atomic E-state index is 12.5. The van der Waals surface area contributed by atoms with Gasteiger partial charge >= 0.3 is 0 Å². The minimum absolute atomic E-state index is 0.124. The Morgan fingerprint density at radius 1 is 1.20 bits per heavy atom. The van der Waals surface area contributed by atoms with E-state index in [4.69, 9.17) is 0 Å². The zero-order valence-electron chi connectivity index (χ0n) is 13.8. The lowest BCUT2D eigenvalue weighted by Crippen LogP contribution is -2.09. The van der Waals surface area contributed by atoms with E-state index in [1.165, 1.54) is 28.2 Å². The topological polar surface area (TPSA) is 59.8 Å². The van der Waals surface area contributed by atoms with Crippen LogP contribution in [0.25, 0.3) is 10.2 Å². The van der Waals surface area contributed by atoms with E-state index in [2.05, 4.69) is 27.5 Å². The summed E-state index contributed by atoms with van der Waals surface area (Å²) in [5.74, 6) is -0.124. The summed E-state index contributed by atoms with van der Waals surface area (Å²) in [6.07, 6.45) is 1.76. The fraction of sp³-hybridized carbons (Fsp3) is 0.167. The molecule has 1 amide bonds. The van der Waals surface area contributed by atoms with Crippen molar-refractivity contribution in [3.8, 4) is 0 Å². The average Bonchev–Trinajstić information content (AvgIpc) is 3.27. The summed E-state index contributed by atoms with van der Waals surface area (Å²) in [4.78, 5) is 19.5. The maximum absolute atomic E-state index is 12.5. The number of nitrogens with zero attached hydrogens (tertiary/aromatic N) is 3. The zero-order valence-corrected chi connectivity index (χ0v) is 15.4. The molecule has 7 heteroatoms. The third kappa shape index (κ3) is 3.20. The molecule has 0 aliphatic rings. The van der Waals surface area contributed by atoms with E-state index in [0.29, 0.717) is 16.6 Å². The second-order valence-corrected chi connectivity index (χ2v) is 8.05. The van der Waals surface area contributed by atoms with Gasteiger partial charge in [0, 0.05) is 16.5 Å². The van der Waals surface area contributed by atoms with Crippen molar-refractivity contribution in [3.63, 3.8) is 0 Å².